The molecule has 154 valence electrons. The predicted octanol–water partition coefficient (Wildman–Crippen LogP) is 3.64. The van der Waals surface area contributed by atoms with Crippen molar-refractivity contribution in [3.05, 3.63) is 127 Å². The van der Waals surface area contributed by atoms with Crippen molar-refractivity contribution >= 4 is 56.2 Å². The largest absolute Gasteiger partial charge is 1.00 e. The van der Waals surface area contributed by atoms with Gasteiger partial charge in [-0.2, -0.15) is 0 Å². The van der Waals surface area contributed by atoms with Crippen molar-refractivity contribution < 1.29 is 12.4 Å². The van der Waals surface area contributed by atoms with Crippen molar-refractivity contribution in [3.63, 3.8) is 0 Å². The molecule has 0 amide bonds. The molecular formula is C30H22ClP. The average molecular weight is 449 g/mol. The third-order valence-corrected chi connectivity index (χ3v) is 9.10. The van der Waals surface area contributed by atoms with Crippen molar-refractivity contribution in [1.82, 2.24) is 0 Å². The number of halogens is 1. The Labute approximate surface area is 195 Å². The van der Waals surface area contributed by atoms with E-state index in [1.807, 2.05) is 0 Å². The Balaban J connectivity index is 0.00000216. The summed E-state index contributed by atoms with van der Waals surface area (Å²) in [7, 11) is -1.25. The van der Waals surface area contributed by atoms with Crippen molar-refractivity contribution in [2.24, 2.45) is 0 Å². The second-order valence-electron chi connectivity index (χ2n) is 7.96. The second kappa shape index (κ2) is 8.75. The molecule has 6 aromatic rings. The lowest BCUT2D eigenvalue weighted by Crippen LogP contribution is -3.00. The van der Waals surface area contributed by atoms with Gasteiger partial charge in [0.15, 0.2) is 0 Å². The maximum Gasteiger partial charge on any atom is 0.110 e. The van der Waals surface area contributed by atoms with E-state index in [2.05, 4.69) is 127 Å². The third kappa shape index (κ3) is 3.47. The zero-order chi connectivity index (χ0) is 20.6. The molecule has 0 unspecified atom stereocenters. The van der Waals surface area contributed by atoms with E-state index >= 15 is 0 Å². The van der Waals surface area contributed by atoms with Gasteiger partial charge in [-0.15, -0.1) is 0 Å². The van der Waals surface area contributed by atoms with Gasteiger partial charge in [-0.05, 0) is 34.4 Å². The summed E-state index contributed by atoms with van der Waals surface area (Å²) in [4.78, 5) is 0. The number of benzene rings is 6. The van der Waals surface area contributed by atoms with Crippen LogP contribution in [0, 0.1) is 0 Å². The first-order chi connectivity index (χ1) is 15.4. The maximum absolute atomic E-state index is 2.35. The van der Waals surface area contributed by atoms with Crippen LogP contribution in [0.5, 0.6) is 0 Å². The molecule has 6 aromatic carbocycles. The summed E-state index contributed by atoms with van der Waals surface area (Å²) >= 11 is 0. The second-order valence-corrected chi connectivity index (χ2v) is 10.3. The van der Waals surface area contributed by atoms with Gasteiger partial charge < -0.3 is 12.4 Å². The molecule has 0 saturated heterocycles. The van der Waals surface area contributed by atoms with Crippen molar-refractivity contribution in [3.8, 4) is 0 Å². The minimum Gasteiger partial charge on any atom is -1.00 e. The number of fused-ring (bicyclic) bond motifs is 3. The van der Waals surface area contributed by atoms with Crippen molar-refractivity contribution in [2.75, 3.05) is 0 Å². The molecule has 32 heavy (non-hydrogen) atoms. The molecule has 6 rings (SSSR count). The normalized spacial score (nSPS) is 11.2. The van der Waals surface area contributed by atoms with Crippen LogP contribution in [0.15, 0.2) is 127 Å². The monoisotopic (exact) mass is 448 g/mol. The zero-order valence-electron chi connectivity index (χ0n) is 17.5. The smallest absolute Gasteiger partial charge is 0.110 e. The van der Waals surface area contributed by atoms with Crippen LogP contribution in [0.4, 0.5) is 0 Å². The third-order valence-electron chi connectivity index (χ3n) is 6.18. The summed E-state index contributed by atoms with van der Waals surface area (Å²) in [5, 5.41) is 12.4. The van der Waals surface area contributed by atoms with E-state index < -0.39 is 7.92 Å². The SMILES string of the molecule is [Cl-].c1ccc2c([PH+](c3cccc4ccccc34)c3cccc4ccccc34)cccc2c1. The van der Waals surface area contributed by atoms with E-state index in [0.717, 1.165) is 0 Å². The Bertz CT molecular complexity index is 1350. The lowest BCUT2D eigenvalue weighted by molar-refractivity contribution is -0.00000567. The molecule has 0 N–H and O–H groups in total. The van der Waals surface area contributed by atoms with Gasteiger partial charge in [0.25, 0.3) is 0 Å². The molecule has 0 aliphatic rings. The fourth-order valence-electron chi connectivity index (χ4n) is 4.77. The van der Waals surface area contributed by atoms with Gasteiger partial charge in [0.2, 0.25) is 0 Å². The van der Waals surface area contributed by atoms with Gasteiger partial charge in [0.1, 0.15) is 23.8 Å². The highest BCUT2D eigenvalue weighted by Gasteiger charge is 2.30. The molecule has 0 fully saturated rings. The van der Waals surface area contributed by atoms with Crippen LogP contribution < -0.4 is 28.3 Å². The van der Waals surface area contributed by atoms with E-state index in [4.69, 9.17) is 0 Å². The zero-order valence-corrected chi connectivity index (χ0v) is 19.3. The van der Waals surface area contributed by atoms with Gasteiger partial charge in [-0.1, -0.05) is 109 Å². The fraction of sp³-hybridized carbons (Fsp3) is 0. The number of rotatable bonds is 3. The van der Waals surface area contributed by atoms with Crippen LogP contribution in [0.1, 0.15) is 0 Å². The Morgan fingerprint density at radius 1 is 0.312 bits per heavy atom. The Hall–Kier alpha value is -3.18. The molecule has 0 nitrogen and oxygen atoms in total. The number of hydrogen-bond donors (Lipinski definition) is 0. The summed E-state index contributed by atoms with van der Waals surface area (Å²) in [5.41, 5.74) is 0. The van der Waals surface area contributed by atoms with Gasteiger partial charge >= 0.3 is 0 Å². The van der Waals surface area contributed by atoms with E-state index in [1.165, 1.54) is 48.2 Å². The summed E-state index contributed by atoms with van der Waals surface area (Å²) in [6.07, 6.45) is 0. The molecule has 0 radical (unpaired) electrons. The van der Waals surface area contributed by atoms with E-state index in [0.29, 0.717) is 0 Å². The number of hydrogen-bond acceptors (Lipinski definition) is 0. The molecule has 0 aliphatic carbocycles. The van der Waals surface area contributed by atoms with Gasteiger partial charge in [-0.25, -0.2) is 0 Å². The highest BCUT2D eigenvalue weighted by atomic mass is 35.5. The minimum atomic E-state index is -1.25. The predicted molar refractivity (Wildman–Crippen MR) is 139 cm³/mol. The standard InChI is InChI=1S/C30H21P.ClH/c1-4-16-25-22(10-1)13-7-19-28(25)31(29-20-8-14-23-11-2-5-17-26(23)29)30-21-9-15-24-12-3-6-18-27(24)30;/h1-21H;1H. The van der Waals surface area contributed by atoms with Crippen molar-refractivity contribution in [1.29, 1.82) is 0 Å². The minimum absolute atomic E-state index is 0. The molecule has 0 saturated carbocycles. The van der Waals surface area contributed by atoms with E-state index in [9.17, 15) is 0 Å². The summed E-state index contributed by atoms with van der Waals surface area (Å²) in [6.45, 7) is 0. The van der Waals surface area contributed by atoms with Gasteiger partial charge in [0, 0.05) is 16.2 Å². The van der Waals surface area contributed by atoms with Gasteiger partial charge in [0.05, 0.1) is 0 Å². The van der Waals surface area contributed by atoms with E-state index in [1.54, 1.807) is 0 Å². The Morgan fingerprint density at radius 3 is 0.938 bits per heavy atom. The Kier molecular flexibility index (Phi) is 5.66. The highest BCUT2D eigenvalue weighted by molar-refractivity contribution is 7.81. The average Bonchev–Trinajstić information content (AvgIpc) is 2.85. The lowest BCUT2D eigenvalue weighted by Gasteiger charge is -2.16. The molecule has 0 aromatic heterocycles. The molecule has 0 spiro atoms. The lowest BCUT2D eigenvalue weighted by atomic mass is 10.1. The molecule has 2 heteroatoms. The summed E-state index contributed by atoms with van der Waals surface area (Å²) in [6, 6.07) is 46.8. The fourth-order valence-corrected chi connectivity index (χ4v) is 7.92. The first-order valence-electron chi connectivity index (χ1n) is 10.7. The van der Waals surface area contributed by atoms with Crippen molar-refractivity contribution in [2.45, 2.75) is 0 Å². The van der Waals surface area contributed by atoms with Crippen LogP contribution in [0.2, 0.25) is 0 Å². The van der Waals surface area contributed by atoms with Crippen LogP contribution in [0.3, 0.4) is 0 Å². The Morgan fingerprint density at radius 2 is 0.594 bits per heavy atom. The van der Waals surface area contributed by atoms with Gasteiger partial charge in [-0.3, -0.25) is 0 Å². The highest BCUT2D eigenvalue weighted by Crippen LogP contribution is 2.40. The van der Waals surface area contributed by atoms with Crippen LogP contribution in [-0.4, -0.2) is 0 Å². The van der Waals surface area contributed by atoms with Crippen LogP contribution >= 0.6 is 7.92 Å². The van der Waals surface area contributed by atoms with Crippen LogP contribution in [0.25, 0.3) is 32.3 Å². The maximum atomic E-state index is 2.35. The molecule has 0 aliphatic heterocycles. The van der Waals surface area contributed by atoms with E-state index in [-0.39, 0.29) is 12.4 Å². The summed E-state index contributed by atoms with van der Waals surface area (Å²) in [5.74, 6) is 0. The first kappa shape index (κ1) is 20.7. The quantitative estimate of drug-likeness (QED) is 0.363. The summed E-state index contributed by atoms with van der Waals surface area (Å²) < 4.78 is 0. The molecule has 0 bridgehead atoms. The molecule has 0 atom stereocenters. The first-order valence-corrected chi connectivity index (χ1v) is 12.2. The molecule has 0 heterocycles. The van der Waals surface area contributed by atoms with Crippen LogP contribution in [-0.2, 0) is 0 Å². The topological polar surface area (TPSA) is 0 Å². The molecular weight excluding hydrogens is 427 g/mol.